The van der Waals surface area contributed by atoms with Crippen LogP contribution in [0.3, 0.4) is 0 Å². The summed E-state index contributed by atoms with van der Waals surface area (Å²) in [6, 6.07) is 13.0. The van der Waals surface area contributed by atoms with Gasteiger partial charge in [0.05, 0.1) is 17.1 Å². The quantitative estimate of drug-likeness (QED) is 0.818. The van der Waals surface area contributed by atoms with E-state index in [9.17, 15) is 13.2 Å². The molecule has 0 aliphatic heterocycles. The Kier molecular flexibility index (Phi) is 5.52. The summed E-state index contributed by atoms with van der Waals surface area (Å²) in [7, 11) is -3.73. The minimum atomic E-state index is -3.73. The van der Waals surface area contributed by atoms with Gasteiger partial charge in [-0.3, -0.25) is 4.72 Å². The van der Waals surface area contributed by atoms with Gasteiger partial charge in [-0.05, 0) is 48.2 Å². The van der Waals surface area contributed by atoms with Crippen molar-refractivity contribution in [2.24, 2.45) is 0 Å². The Bertz CT molecular complexity index is 850. The summed E-state index contributed by atoms with van der Waals surface area (Å²) in [5.74, 6) is -0.488. The van der Waals surface area contributed by atoms with Crippen LogP contribution in [0.5, 0.6) is 0 Å². The first-order chi connectivity index (χ1) is 11.6. The highest BCUT2D eigenvalue weighted by Gasteiger charge is 2.18. The molecule has 0 saturated heterocycles. The Morgan fingerprint density at radius 1 is 1.08 bits per heavy atom. The summed E-state index contributed by atoms with van der Waals surface area (Å²) >= 11 is 0. The molecule has 0 aliphatic rings. The molecule has 2 aromatic carbocycles. The normalized spacial score (nSPS) is 11.8. The minimum Gasteiger partial charge on any atom is -0.462 e. The molecule has 0 saturated carbocycles. The van der Waals surface area contributed by atoms with Crippen LogP contribution >= 0.6 is 0 Å². The molecule has 5 nitrogen and oxygen atoms in total. The lowest BCUT2D eigenvalue weighted by Crippen LogP contribution is -2.15. The monoisotopic (exact) mass is 361 g/mol. The van der Waals surface area contributed by atoms with E-state index < -0.39 is 16.0 Å². The van der Waals surface area contributed by atoms with Gasteiger partial charge in [0.15, 0.2) is 0 Å². The topological polar surface area (TPSA) is 72.5 Å². The second-order valence-corrected chi connectivity index (χ2v) is 8.36. The SMILES string of the molecule is CCOC(=O)c1cccc(NS(=O)(=O)c2ccc(C(C)(C)C)cc2)c1. The number of carbonyl (C=O) groups is 1. The predicted octanol–water partition coefficient (Wildman–Crippen LogP) is 3.96. The second-order valence-electron chi connectivity index (χ2n) is 6.68. The molecule has 0 fully saturated rings. The van der Waals surface area contributed by atoms with E-state index in [0.717, 1.165) is 5.56 Å². The van der Waals surface area contributed by atoms with Gasteiger partial charge < -0.3 is 4.74 Å². The maximum atomic E-state index is 12.5. The van der Waals surface area contributed by atoms with Gasteiger partial charge in [-0.1, -0.05) is 39.0 Å². The number of benzene rings is 2. The first kappa shape index (κ1) is 19.0. The van der Waals surface area contributed by atoms with Crippen LogP contribution < -0.4 is 4.72 Å². The van der Waals surface area contributed by atoms with Crippen molar-refractivity contribution >= 4 is 21.7 Å². The molecule has 0 atom stereocenters. The Morgan fingerprint density at radius 3 is 2.28 bits per heavy atom. The van der Waals surface area contributed by atoms with Crippen molar-refractivity contribution in [3.05, 3.63) is 59.7 Å². The van der Waals surface area contributed by atoms with E-state index in [0.29, 0.717) is 11.3 Å². The third-order valence-corrected chi connectivity index (χ3v) is 5.05. The van der Waals surface area contributed by atoms with Gasteiger partial charge in [0.25, 0.3) is 10.0 Å². The van der Waals surface area contributed by atoms with Crippen molar-refractivity contribution in [3.8, 4) is 0 Å². The molecule has 134 valence electrons. The molecular weight excluding hydrogens is 338 g/mol. The molecule has 0 bridgehead atoms. The van der Waals surface area contributed by atoms with Crippen LogP contribution in [0.25, 0.3) is 0 Å². The molecule has 0 unspecified atom stereocenters. The van der Waals surface area contributed by atoms with Crippen LogP contribution in [0, 0.1) is 0 Å². The molecule has 0 aliphatic carbocycles. The third-order valence-electron chi connectivity index (χ3n) is 3.66. The second kappa shape index (κ2) is 7.27. The number of ether oxygens (including phenoxy) is 1. The van der Waals surface area contributed by atoms with E-state index in [2.05, 4.69) is 25.5 Å². The van der Waals surface area contributed by atoms with Crippen LogP contribution in [-0.4, -0.2) is 21.0 Å². The maximum absolute atomic E-state index is 12.5. The number of anilines is 1. The maximum Gasteiger partial charge on any atom is 0.338 e. The zero-order valence-electron chi connectivity index (χ0n) is 14.9. The zero-order chi connectivity index (χ0) is 18.7. The number of hydrogen-bond acceptors (Lipinski definition) is 4. The minimum absolute atomic E-state index is 0.0519. The summed E-state index contributed by atoms with van der Waals surface area (Å²) in [5.41, 5.74) is 1.61. The predicted molar refractivity (Wildman–Crippen MR) is 98.3 cm³/mol. The third kappa shape index (κ3) is 4.82. The summed E-state index contributed by atoms with van der Waals surface area (Å²) in [6.45, 7) is 8.17. The molecule has 2 aromatic rings. The number of carbonyl (C=O) groups excluding carboxylic acids is 1. The van der Waals surface area contributed by atoms with Gasteiger partial charge in [0.2, 0.25) is 0 Å². The largest absolute Gasteiger partial charge is 0.462 e. The number of rotatable bonds is 5. The smallest absolute Gasteiger partial charge is 0.338 e. The standard InChI is InChI=1S/C19H23NO4S/c1-5-24-18(21)14-7-6-8-16(13-14)20-25(22,23)17-11-9-15(10-12-17)19(2,3)4/h6-13,20H,5H2,1-4H3. The van der Waals surface area contributed by atoms with Crippen molar-refractivity contribution in [2.75, 3.05) is 11.3 Å². The van der Waals surface area contributed by atoms with Crippen molar-refractivity contribution < 1.29 is 17.9 Å². The fourth-order valence-electron chi connectivity index (χ4n) is 2.27. The van der Waals surface area contributed by atoms with Crippen LogP contribution in [-0.2, 0) is 20.2 Å². The molecule has 0 aromatic heterocycles. The number of sulfonamides is 1. The molecule has 0 spiro atoms. The van der Waals surface area contributed by atoms with Crippen molar-refractivity contribution in [1.82, 2.24) is 0 Å². The van der Waals surface area contributed by atoms with Crippen molar-refractivity contribution in [3.63, 3.8) is 0 Å². The van der Waals surface area contributed by atoms with E-state index in [1.165, 1.54) is 6.07 Å². The molecule has 0 heterocycles. The molecule has 25 heavy (non-hydrogen) atoms. The first-order valence-electron chi connectivity index (χ1n) is 8.04. The van der Waals surface area contributed by atoms with Crippen molar-refractivity contribution in [1.29, 1.82) is 0 Å². The highest BCUT2D eigenvalue weighted by atomic mass is 32.2. The van der Waals surface area contributed by atoms with Crippen LogP contribution in [0.4, 0.5) is 5.69 Å². The Balaban J connectivity index is 2.24. The average Bonchev–Trinajstić information content (AvgIpc) is 2.54. The van der Waals surface area contributed by atoms with Gasteiger partial charge in [0.1, 0.15) is 0 Å². The van der Waals surface area contributed by atoms with Gasteiger partial charge in [-0.15, -0.1) is 0 Å². The Hall–Kier alpha value is -2.34. The van der Waals surface area contributed by atoms with Gasteiger partial charge in [0, 0.05) is 5.69 Å². The van der Waals surface area contributed by atoms with Gasteiger partial charge in [-0.2, -0.15) is 0 Å². The summed E-state index contributed by atoms with van der Waals surface area (Å²) in [6.07, 6.45) is 0. The Labute approximate surface area is 149 Å². The molecule has 1 N–H and O–H groups in total. The lowest BCUT2D eigenvalue weighted by Gasteiger charge is -2.19. The van der Waals surface area contributed by atoms with Gasteiger partial charge in [-0.25, -0.2) is 13.2 Å². The molecule has 2 rings (SSSR count). The molecular formula is C19H23NO4S. The van der Waals surface area contributed by atoms with E-state index in [-0.39, 0.29) is 16.9 Å². The number of esters is 1. The fourth-order valence-corrected chi connectivity index (χ4v) is 3.32. The molecule has 0 radical (unpaired) electrons. The van der Waals surface area contributed by atoms with Gasteiger partial charge >= 0.3 is 5.97 Å². The zero-order valence-corrected chi connectivity index (χ0v) is 15.7. The highest BCUT2D eigenvalue weighted by Crippen LogP contribution is 2.24. The summed E-state index contributed by atoms with van der Waals surface area (Å²) < 4.78 is 32.5. The first-order valence-corrected chi connectivity index (χ1v) is 9.52. The Morgan fingerprint density at radius 2 is 1.72 bits per heavy atom. The van der Waals surface area contributed by atoms with Crippen LogP contribution in [0.15, 0.2) is 53.4 Å². The lowest BCUT2D eigenvalue weighted by molar-refractivity contribution is 0.0526. The fraction of sp³-hybridized carbons (Fsp3) is 0.316. The number of nitrogens with one attached hydrogen (secondary N) is 1. The average molecular weight is 361 g/mol. The van der Waals surface area contributed by atoms with E-state index in [1.54, 1.807) is 37.3 Å². The van der Waals surface area contributed by atoms with Crippen molar-refractivity contribution in [2.45, 2.75) is 38.0 Å². The van der Waals surface area contributed by atoms with E-state index in [1.807, 2.05) is 12.1 Å². The number of hydrogen-bond donors (Lipinski definition) is 1. The van der Waals surface area contributed by atoms with E-state index in [4.69, 9.17) is 4.74 Å². The summed E-state index contributed by atoms with van der Waals surface area (Å²) in [4.78, 5) is 11.9. The molecule has 0 amide bonds. The lowest BCUT2D eigenvalue weighted by atomic mass is 9.87. The molecule has 6 heteroatoms. The van der Waals surface area contributed by atoms with E-state index >= 15 is 0 Å². The highest BCUT2D eigenvalue weighted by molar-refractivity contribution is 7.92. The van der Waals surface area contributed by atoms with Crippen LogP contribution in [0.2, 0.25) is 0 Å². The summed E-state index contributed by atoms with van der Waals surface area (Å²) in [5, 5.41) is 0. The van der Waals surface area contributed by atoms with Crippen LogP contribution in [0.1, 0.15) is 43.6 Å².